The molecule has 2 fully saturated rings. The quantitative estimate of drug-likeness (QED) is 0.623. The topological polar surface area (TPSA) is 75.6 Å². The molecule has 2 heterocycles. The third-order valence-electron chi connectivity index (χ3n) is 6.07. The average molecular weight is 445 g/mol. The molecule has 31 heavy (non-hydrogen) atoms. The van der Waals surface area contributed by atoms with Crippen molar-refractivity contribution in [3.05, 3.63) is 52.5 Å². The van der Waals surface area contributed by atoms with Gasteiger partial charge in [0.1, 0.15) is 11.6 Å². The number of benzene rings is 1. The summed E-state index contributed by atoms with van der Waals surface area (Å²) in [6.45, 7) is 6.48. The van der Waals surface area contributed by atoms with Crippen molar-refractivity contribution < 1.29 is 13.2 Å². The van der Waals surface area contributed by atoms with Gasteiger partial charge >= 0.3 is 0 Å². The zero-order valence-corrected chi connectivity index (χ0v) is 19.5. The van der Waals surface area contributed by atoms with Gasteiger partial charge in [0.25, 0.3) is 0 Å². The minimum atomic E-state index is -3.16. The number of ether oxygens (including phenoxy) is 1. The predicted octanol–water partition coefficient (Wildman–Crippen LogP) is 2.87. The maximum absolute atomic E-state index is 12.3. The molecular formula is C23H32N4O3S. The number of anilines is 1. The van der Waals surface area contributed by atoms with Crippen molar-refractivity contribution >= 4 is 15.8 Å². The van der Waals surface area contributed by atoms with Crippen LogP contribution in [0.1, 0.15) is 53.9 Å². The van der Waals surface area contributed by atoms with E-state index in [1.165, 1.54) is 11.1 Å². The fraction of sp³-hybridized carbons (Fsp3) is 0.565. The van der Waals surface area contributed by atoms with E-state index < -0.39 is 10.0 Å². The number of methoxy groups -OCH3 is 1. The molecule has 8 heteroatoms. The van der Waals surface area contributed by atoms with Crippen LogP contribution < -0.4 is 4.90 Å². The summed E-state index contributed by atoms with van der Waals surface area (Å²) < 4.78 is 31.7. The Morgan fingerprint density at radius 1 is 1.13 bits per heavy atom. The number of aromatic nitrogens is 2. The van der Waals surface area contributed by atoms with Crippen molar-refractivity contribution in [1.82, 2.24) is 14.3 Å². The second-order valence-corrected chi connectivity index (χ2v) is 10.7. The number of sulfonamides is 1. The van der Waals surface area contributed by atoms with Crippen LogP contribution in [0.15, 0.2) is 24.3 Å². The Kier molecular flexibility index (Phi) is 6.60. The standard InChI is InChI=1S/C23H32N4O3S/c1-4-31(28,29)27-12-10-26(11-13-27)23-20(15-18-7-5-6-17(2)14-18)21(16-30-3)24-22(25-23)19-8-9-19/h5-7,14,19H,4,8-13,15-16H2,1-3H3. The van der Waals surface area contributed by atoms with Crippen LogP contribution >= 0.6 is 0 Å². The van der Waals surface area contributed by atoms with Gasteiger partial charge in [-0.1, -0.05) is 29.8 Å². The van der Waals surface area contributed by atoms with Gasteiger partial charge in [-0.3, -0.25) is 0 Å². The number of nitrogens with zero attached hydrogens (tertiary/aromatic N) is 4. The lowest BCUT2D eigenvalue weighted by Crippen LogP contribution is -2.49. The molecule has 2 aliphatic rings. The van der Waals surface area contributed by atoms with Crippen molar-refractivity contribution in [2.45, 2.75) is 45.6 Å². The summed E-state index contributed by atoms with van der Waals surface area (Å²) in [7, 11) is -1.47. The van der Waals surface area contributed by atoms with E-state index in [1.807, 2.05) is 0 Å². The van der Waals surface area contributed by atoms with Gasteiger partial charge in [-0.25, -0.2) is 18.4 Å². The second kappa shape index (κ2) is 9.22. The summed E-state index contributed by atoms with van der Waals surface area (Å²) in [6, 6.07) is 8.50. The van der Waals surface area contributed by atoms with Crippen LogP contribution in [0.3, 0.4) is 0 Å². The van der Waals surface area contributed by atoms with Crippen LogP contribution in [0.25, 0.3) is 0 Å². The van der Waals surface area contributed by atoms with Crippen LogP contribution in [0, 0.1) is 6.92 Å². The van der Waals surface area contributed by atoms with Gasteiger partial charge < -0.3 is 9.64 Å². The lowest BCUT2D eigenvalue weighted by Gasteiger charge is -2.36. The molecule has 0 atom stereocenters. The minimum Gasteiger partial charge on any atom is -0.378 e. The van der Waals surface area contributed by atoms with E-state index in [0.29, 0.717) is 38.7 Å². The molecule has 1 aliphatic heterocycles. The van der Waals surface area contributed by atoms with Gasteiger partial charge in [0.05, 0.1) is 18.1 Å². The number of aryl methyl sites for hydroxylation is 1. The molecular weight excluding hydrogens is 412 g/mol. The predicted molar refractivity (Wildman–Crippen MR) is 122 cm³/mol. The molecule has 0 radical (unpaired) electrons. The Balaban J connectivity index is 1.69. The highest BCUT2D eigenvalue weighted by molar-refractivity contribution is 7.89. The molecule has 4 rings (SSSR count). The molecule has 1 aromatic heterocycles. The Morgan fingerprint density at radius 3 is 2.48 bits per heavy atom. The van der Waals surface area contributed by atoms with Crippen LogP contribution in [0.4, 0.5) is 5.82 Å². The van der Waals surface area contributed by atoms with Crippen molar-refractivity contribution in [1.29, 1.82) is 0 Å². The molecule has 1 saturated heterocycles. The van der Waals surface area contributed by atoms with Gasteiger partial charge in [0.2, 0.25) is 10.0 Å². The first kappa shape index (κ1) is 22.2. The maximum Gasteiger partial charge on any atom is 0.213 e. The Morgan fingerprint density at radius 2 is 1.87 bits per heavy atom. The number of hydrogen-bond donors (Lipinski definition) is 0. The van der Waals surface area contributed by atoms with E-state index in [-0.39, 0.29) is 5.75 Å². The molecule has 7 nitrogen and oxygen atoms in total. The summed E-state index contributed by atoms with van der Waals surface area (Å²) in [6.07, 6.45) is 2.99. The summed E-state index contributed by atoms with van der Waals surface area (Å²) >= 11 is 0. The maximum atomic E-state index is 12.3. The monoisotopic (exact) mass is 444 g/mol. The molecule has 1 aliphatic carbocycles. The molecule has 0 bridgehead atoms. The molecule has 1 aromatic carbocycles. The van der Waals surface area contributed by atoms with Crippen molar-refractivity contribution in [3.8, 4) is 0 Å². The summed E-state index contributed by atoms with van der Waals surface area (Å²) in [5, 5.41) is 0. The lowest BCUT2D eigenvalue weighted by atomic mass is 10.0. The van der Waals surface area contributed by atoms with Gasteiger partial charge in [-0.05, 0) is 32.3 Å². The molecule has 2 aromatic rings. The molecule has 168 valence electrons. The van der Waals surface area contributed by atoms with Crippen LogP contribution in [0.2, 0.25) is 0 Å². The van der Waals surface area contributed by atoms with E-state index in [0.717, 1.165) is 42.2 Å². The SMILES string of the molecule is CCS(=O)(=O)N1CCN(c2nc(C3CC3)nc(COC)c2Cc2cccc(C)c2)CC1. The number of hydrogen-bond acceptors (Lipinski definition) is 6. The van der Waals surface area contributed by atoms with E-state index >= 15 is 0 Å². The number of piperazine rings is 1. The fourth-order valence-electron chi connectivity index (χ4n) is 4.15. The summed E-state index contributed by atoms with van der Waals surface area (Å²) in [5.41, 5.74) is 4.47. The molecule has 1 saturated carbocycles. The highest BCUT2D eigenvalue weighted by Gasteiger charge is 2.32. The van der Waals surface area contributed by atoms with Gasteiger partial charge in [-0.2, -0.15) is 4.31 Å². The lowest BCUT2D eigenvalue weighted by molar-refractivity contribution is 0.180. The minimum absolute atomic E-state index is 0.142. The van der Waals surface area contributed by atoms with Crippen LogP contribution in [-0.4, -0.2) is 61.7 Å². The number of rotatable bonds is 8. The normalized spacial score (nSPS) is 17.8. The molecule has 0 unspecified atom stereocenters. The fourth-order valence-corrected chi connectivity index (χ4v) is 5.23. The first-order valence-electron chi connectivity index (χ1n) is 11.1. The van der Waals surface area contributed by atoms with Crippen LogP contribution in [0.5, 0.6) is 0 Å². The van der Waals surface area contributed by atoms with Crippen molar-refractivity contribution in [3.63, 3.8) is 0 Å². The second-order valence-electron chi connectivity index (χ2n) is 8.49. The summed E-state index contributed by atoms with van der Waals surface area (Å²) in [5.74, 6) is 2.42. The van der Waals surface area contributed by atoms with E-state index in [1.54, 1.807) is 18.3 Å². The first-order valence-corrected chi connectivity index (χ1v) is 12.7. The Hall–Kier alpha value is -2.03. The highest BCUT2D eigenvalue weighted by Crippen LogP contribution is 2.40. The van der Waals surface area contributed by atoms with Gasteiger partial charge in [0.15, 0.2) is 0 Å². The van der Waals surface area contributed by atoms with Crippen LogP contribution in [-0.2, 0) is 27.8 Å². The van der Waals surface area contributed by atoms with E-state index in [9.17, 15) is 8.42 Å². The zero-order chi connectivity index (χ0) is 22.0. The largest absolute Gasteiger partial charge is 0.378 e. The first-order chi connectivity index (χ1) is 14.9. The highest BCUT2D eigenvalue weighted by atomic mass is 32.2. The average Bonchev–Trinajstić information content (AvgIpc) is 3.60. The van der Waals surface area contributed by atoms with Crippen molar-refractivity contribution in [2.75, 3.05) is 43.9 Å². The molecule has 0 amide bonds. The summed E-state index contributed by atoms with van der Waals surface area (Å²) in [4.78, 5) is 12.2. The molecule has 0 spiro atoms. The third kappa shape index (κ3) is 5.07. The van der Waals surface area contributed by atoms with Gasteiger partial charge in [0, 0.05) is 51.2 Å². The van der Waals surface area contributed by atoms with Gasteiger partial charge in [-0.15, -0.1) is 0 Å². The van der Waals surface area contributed by atoms with E-state index in [2.05, 4.69) is 36.1 Å². The Bertz CT molecular complexity index is 1030. The smallest absolute Gasteiger partial charge is 0.213 e. The Labute approximate surface area is 185 Å². The van der Waals surface area contributed by atoms with Crippen molar-refractivity contribution in [2.24, 2.45) is 0 Å². The third-order valence-corrected chi connectivity index (χ3v) is 7.95. The molecule has 0 N–H and O–H groups in total. The van der Waals surface area contributed by atoms with E-state index in [4.69, 9.17) is 14.7 Å². The zero-order valence-electron chi connectivity index (χ0n) is 18.7.